The van der Waals surface area contributed by atoms with Crippen molar-refractivity contribution in [3.8, 4) is 5.75 Å². The van der Waals surface area contributed by atoms with Crippen molar-refractivity contribution in [3.63, 3.8) is 0 Å². The molecular formula is C13H20ClNO. The molecule has 2 nitrogen and oxygen atoms in total. The number of nitrogens with two attached hydrogens (primary N) is 1. The van der Waals surface area contributed by atoms with Gasteiger partial charge in [0.25, 0.3) is 0 Å². The fourth-order valence-corrected chi connectivity index (χ4v) is 2.19. The van der Waals surface area contributed by atoms with E-state index in [1.54, 1.807) is 7.11 Å². The summed E-state index contributed by atoms with van der Waals surface area (Å²) in [5, 5.41) is 0.679. The van der Waals surface area contributed by atoms with Gasteiger partial charge < -0.3 is 10.5 Å². The Kier molecular flexibility index (Phi) is 5.10. The van der Waals surface area contributed by atoms with Crippen LogP contribution >= 0.6 is 11.6 Å². The zero-order valence-corrected chi connectivity index (χ0v) is 11.0. The van der Waals surface area contributed by atoms with Gasteiger partial charge >= 0.3 is 0 Å². The number of aryl methyl sites for hydroxylation is 1. The zero-order valence-electron chi connectivity index (χ0n) is 10.2. The fraction of sp³-hybridized carbons (Fsp3) is 0.538. The van der Waals surface area contributed by atoms with Crippen molar-refractivity contribution in [2.75, 3.05) is 13.7 Å². The third-order valence-electron chi connectivity index (χ3n) is 2.93. The van der Waals surface area contributed by atoms with Gasteiger partial charge in [0.15, 0.2) is 0 Å². The first-order chi connectivity index (χ1) is 7.63. The Morgan fingerprint density at radius 1 is 1.44 bits per heavy atom. The molecule has 0 aliphatic rings. The molecule has 0 aromatic heterocycles. The molecule has 1 aromatic carbocycles. The summed E-state index contributed by atoms with van der Waals surface area (Å²) in [6.07, 6.45) is 1.97. The van der Waals surface area contributed by atoms with Crippen LogP contribution in [-0.4, -0.2) is 13.7 Å². The molecule has 3 heteroatoms. The smallest absolute Gasteiger partial charge is 0.137 e. The van der Waals surface area contributed by atoms with Gasteiger partial charge in [-0.3, -0.25) is 0 Å². The minimum absolute atomic E-state index is 0.448. The lowest BCUT2D eigenvalue weighted by molar-refractivity contribution is 0.414. The van der Waals surface area contributed by atoms with Gasteiger partial charge in [-0.05, 0) is 48.6 Å². The van der Waals surface area contributed by atoms with E-state index in [9.17, 15) is 0 Å². The number of hydrogen-bond donors (Lipinski definition) is 1. The molecule has 0 fully saturated rings. The molecule has 0 spiro atoms. The van der Waals surface area contributed by atoms with Crippen LogP contribution in [0.4, 0.5) is 0 Å². The van der Waals surface area contributed by atoms with Crippen LogP contribution in [0.1, 0.15) is 37.3 Å². The van der Waals surface area contributed by atoms with Crippen LogP contribution in [-0.2, 0) is 6.42 Å². The Bertz CT molecular complexity index is 352. The van der Waals surface area contributed by atoms with Gasteiger partial charge in [0.1, 0.15) is 5.75 Å². The molecule has 0 saturated heterocycles. The summed E-state index contributed by atoms with van der Waals surface area (Å²) in [5.41, 5.74) is 8.18. The molecule has 1 atom stereocenters. The van der Waals surface area contributed by atoms with Crippen molar-refractivity contribution in [1.82, 2.24) is 0 Å². The quantitative estimate of drug-likeness (QED) is 0.858. The van der Waals surface area contributed by atoms with E-state index in [4.69, 9.17) is 22.1 Å². The molecule has 90 valence electrons. The predicted molar refractivity (Wildman–Crippen MR) is 69.5 cm³/mol. The fourth-order valence-electron chi connectivity index (χ4n) is 1.94. The van der Waals surface area contributed by atoms with E-state index in [1.807, 2.05) is 12.1 Å². The Morgan fingerprint density at radius 3 is 2.62 bits per heavy atom. The van der Waals surface area contributed by atoms with Crippen molar-refractivity contribution in [2.24, 2.45) is 5.73 Å². The summed E-state index contributed by atoms with van der Waals surface area (Å²) in [5.74, 6) is 1.20. The van der Waals surface area contributed by atoms with Gasteiger partial charge in [-0.25, -0.2) is 0 Å². The lowest BCUT2D eigenvalue weighted by Gasteiger charge is -2.17. The molecule has 0 heterocycles. The average Bonchev–Trinajstić information content (AvgIpc) is 2.29. The summed E-state index contributed by atoms with van der Waals surface area (Å²) in [7, 11) is 1.64. The first-order valence-electron chi connectivity index (χ1n) is 5.70. The second kappa shape index (κ2) is 6.12. The maximum atomic E-state index is 6.15. The zero-order chi connectivity index (χ0) is 12.1. The van der Waals surface area contributed by atoms with Crippen LogP contribution in [0, 0.1) is 0 Å². The molecule has 1 unspecified atom stereocenters. The lowest BCUT2D eigenvalue weighted by Crippen LogP contribution is -2.07. The van der Waals surface area contributed by atoms with Crippen LogP contribution in [0.5, 0.6) is 5.75 Å². The molecule has 16 heavy (non-hydrogen) atoms. The van der Waals surface area contributed by atoms with Crippen molar-refractivity contribution in [1.29, 1.82) is 0 Å². The molecule has 1 rings (SSSR count). The van der Waals surface area contributed by atoms with Crippen LogP contribution < -0.4 is 10.5 Å². The maximum Gasteiger partial charge on any atom is 0.137 e. The molecule has 0 aliphatic carbocycles. The van der Waals surface area contributed by atoms with Gasteiger partial charge in [0, 0.05) is 0 Å². The highest BCUT2D eigenvalue weighted by atomic mass is 35.5. The van der Waals surface area contributed by atoms with Gasteiger partial charge in [0.05, 0.1) is 12.1 Å². The molecule has 0 amide bonds. The second-order valence-electron chi connectivity index (χ2n) is 4.02. The Labute approximate surface area is 103 Å². The molecule has 1 aromatic rings. The van der Waals surface area contributed by atoms with Crippen molar-refractivity contribution in [3.05, 3.63) is 28.3 Å². The normalized spacial score (nSPS) is 12.6. The molecule has 0 aliphatic heterocycles. The minimum atomic E-state index is 0.448. The van der Waals surface area contributed by atoms with E-state index in [0.717, 1.165) is 18.6 Å². The van der Waals surface area contributed by atoms with E-state index >= 15 is 0 Å². The summed E-state index contributed by atoms with van der Waals surface area (Å²) in [6, 6.07) is 4.05. The van der Waals surface area contributed by atoms with E-state index in [-0.39, 0.29) is 0 Å². The molecule has 0 bridgehead atoms. The van der Waals surface area contributed by atoms with E-state index in [1.165, 1.54) is 11.1 Å². The summed E-state index contributed by atoms with van der Waals surface area (Å²) in [6.45, 7) is 5.03. The standard InChI is InChI=1S/C13H20ClNO/c1-4-10-7-13(16-3)12(14)8-11(10)9(2)5-6-15/h7-9H,4-6,15H2,1-3H3. The van der Waals surface area contributed by atoms with Gasteiger partial charge in [0.2, 0.25) is 0 Å². The number of ether oxygens (including phenoxy) is 1. The third kappa shape index (κ3) is 2.89. The highest BCUT2D eigenvalue weighted by Crippen LogP contribution is 2.33. The van der Waals surface area contributed by atoms with Crippen LogP contribution in [0.2, 0.25) is 5.02 Å². The molecule has 0 saturated carbocycles. The van der Waals surface area contributed by atoms with Crippen molar-refractivity contribution in [2.45, 2.75) is 32.6 Å². The lowest BCUT2D eigenvalue weighted by atomic mass is 9.92. The van der Waals surface area contributed by atoms with Crippen LogP contribution in [0.25, 0.3) is 0 Å². The van der Waals surface area contributed by atoms with E-state index < -0.39 is 0 Å². The topological polar surface area (TPSA) is 35.2 Å². The first kappa shape index (κ1) is 13.3. The maximum absolute atomic E-state index is 6.15. The average molecular weight is 242 g/mol. The monoisotopic (exact) mass is 241 g/mol. The SMILES string of the molecule is CCc1cc(OC)c(Cl)cc1C(C)CCN. The molecular weight excluding hydrogens is 222 g/mol. The summed E-state index contributed by atoms with van der Waals surface area (Å²) >= 11 is 6.15. The highest BCUT2D eigenvalue weighted by molar-refractivity contribution is 6.32. The second-order valence-corrected chi connectivity index (χ2v) is 4.42. The third-order valence-corrected chi connectivity index (χ3v) is 3.22. The van der Waals surface area contributed by atoms with Gasteiger partial charge in [-0.15, -0.1) is 0 Å². The van der Waals surface area contributed by atoms with Gasteiger partial charge in [-0.2, -0.15) is 0 Å². The Morgan fingerprint density at radius 2 is 2.12 bits per heavy atom. The minimum Gasteiger partial charge on any atom is -0.495 e. The van der Waals surface area contributed by atoms with E-state index in [2.05, 4.69) is 13.8 Å². The first-order valence-corrected chi connectivity index (χ1v) is 6.08. The number of halogens is 1. The Hall–Kier alpha value is -0.730. The van der Waals surface area contributed by atoms with Gasteiger partial charge in [-0.1, -0.05) is 25.4 Å². The largest absolute Gasteiger partial charge is 0.495 e. The van der Waals surface area contributed by atoms with Crippen LogP contribution in [0.3, 0.4) is 0 Å². The molecule has 2 N–H and O–H groups in total. The van der Waals surface area contributed by atoms with Crippen LogP contribution in [0.15, 0.2) is 12.1 Å². The number of rotatable bonds is 5. The number of hydrogen-bond acceptors (Lipinski definition) is 2. The summed E-state index contributed by atoms with van der Waals surface area (Å²) in [4.78, 5) is 0. The van der Waals surface area contributed by atoms with E-state index in [0.29, 0.717) is 17.5 Å². The Balaban J connectivity index is 3.12. The number of benzene rings is 1. The molecule has 0 radical (unpaired) electrons. The summed E-state index contributed by atoms with van der Waals surface area (Å²) < 4.78 is 5.23. The van der Waals surface area contributed by atoms with Crippen molar-refractivity contribution >= 4 is 11.6 Å². The predicted octanol–water partition coefficient (Wildman–Crippen LogP) is 3.36. The number of methoxy groups -OCH3 is 1. The van der Waals surface area contributed by atoms with Crippen molar-refractivity contribution < 1.29 is 4.74 Å². The highest BCUT2D eigenvalue weighted by Gasteiger charge is 2.13.